The van der Waals surface area contributed by atoms with E-state index >= 15 is 0 Å². The fraction of sp³-hybridized carbons (Fsp3) is 0.100. The molecule has 2 rings (SSSR count). The molecule has 0 saturated heterocycles. The van der Waals surface area contributed by atoms with Crippen LogP contribution in [0.1, 0.15) is 16.7 Å². The predicted octanol–water partition coefficient (Wildman–Crippen LogP) is 2.15. The van der Waals surface area contributed by atoms with Crippen molar-refractivity contribution >= 4 is 28.7 Å². The molecular formula is C10H7ClN2O2S. The zero-order chi connectivity index (χ0) is 11.7. The first kappa shape index (κ1) is 11.0. The van der Waals surface area contributed by atoms with E-state index in [2.05, 4.69) is 5.10 Å². The summed E-state index contributed by atoms with van der Waals surface area (Å²) in [4.78, 5) is 22.4. The molecule has 1 heterocycles. The van der Waals surface area contributed by atoms with E-state index in [1.54, 1.807) is 24.3 Å². The third kappa shape index (κ3) is 2.05. The molecule has 0 unspecified atom stereocenters. The van der Waals surface area contributed by atoms with Crippen molar-refractivity contribution in [3.63, 3.8) is 0 Å². The molecule has 0 radical (unpaired) electrons. The quantitative estimate of drug-likeness (QED) is 0.772. The van der Waals surface area contributed by atoms with Crippen LogP contribution in [0.4, 0.5) is 0 Å². The molecule has 0 aliphatic rings. The Bertz CT molecular complexity index is 603. The largest absolute Gasteiger partial charge is 0.330 e. The zero-order valence-corrected chi connectivity index (χ0v) is 9.88. The summed E-state index contributed by atoms with van der Waals surface area (Å²) in [5.74, 6) is -0.220. The number of rotatable bonds is 2. The summed E-state index contributed by atoms with van der Waals surface area (Å²) >= 11 is 6.64. The van der Waals surface area contributed by atoms with Gasteiger partial charge in [-0.2, -0.15) is 4.68 Å². The van der Waals surface area contributed by atoms with Gasteiger partial charge in [0, 0.05) is 11.9 Å². The summed E-state index contributed by atoms with van der Waals surface area (Å²) in [5, 5.41) is 4.65. The lowest BCUT2D eigenvalue weighted by Crippen LogP contribution is -2.12. The minimum Gasteiger partial charge on any atom is -0.292 e. The number of carbonyl (C=O) groups is 1. The Morgan fingerprint density at radius 3 is 2.81 bits per heavy atom. The zero-order valence-electron chi connectivity index (χ0n) is 8.31. The maximum absolute atomic E-state index is 11.6. The number of nitrogens with zero attached hydrogens (tertiary/aromatic N) is 2. The Kier molecular flexibility index (Phi) is 2.89. The van der Waals surface area contributed by atoms with Crippen LogP contribution in [0.5, 0.6) is 0 Å². The second-order valence-corrected chi connectivity index (χ2v) is 4.50. The van der Waals surface area contributed by atoms with Crippen LogP contribution in [-0.2, 0) is 0 Å². The number of aromatic nitrogens is 2. The SMILES string of the molecule is CC(=O)c1nn(-c2cccc(Cl)c2)c(=O)s1. The number of ketones is 1. The second kappa shape index (κ2) is 4.19. The molecule has 0 N–H and O–H groups in total. The van der Waals surface area contributed by atoms with Crippen molar-refractivity contribution in [2.45, 2.75) is 6.92 Å². The molecule has 0 fully saturated rings. The minimum atomic E-state index is -0.299. The Hall–Kier alpha value is -1.46. The highest BCUT2D eigenvalue weighted by Gasteiger charge is 2.11. The number of benzene rings is 1. The molecular weight excluding hydrogens is 248 g/mol. The Balaban J connectivity index is 2.56. The van der Waals surface area contributed by atoms with E-state index in [1.807, 2.05) is 0 Å². The first-order chi connectivity index (χ1) is 7.58. The van der Waals surface area contributed by atoms with Crippen molar-refractivity contribution in [3.05, 3.63) is 44.0 Å². The molecule has 1 aromatic carbocycles. The highest BCUT2D eigenvalue weighted by atomic mass is 35.5. The summed E-state index contributed by atoms with van der Waals surface area (Å²) in [6.07, 6.45) is 0. The molecule has 2 aromatic rings. The van der Waals surface area contributed by atoms with Crippen molar-refractivity contribution in [3.8, 4) is 5.69 Å². The molecule has 0 bridgehead atoms. The standard InChI is InChI=1S/C10H7ClN2O2S/c1-6(14)9-12-13(10(15)16-9)8-4-2-3-7(11)5-8/h2-5H,1H3. The first-order valence-corrected chi connectivity index (χ1v) is 5.64. The lowest BCUT2D eigenvalue weighted by atomic mass is 10.3. The van der Waals surface area contributed by atoms with Gasteiger partial charge in [-0.15, -0.1) is 5.10 Å². The molecule has 0 spiro atoms. The van der Waals surface area contributed by atoms with Gasteiger partial charge in [0.25, 0.3) is 0 Å². The minimum absolute atomic E-state index is 0.199. The Morgan fingerprint density at radius 1 is 1.50 bits per heavy atom. The number of hydrogen-bond acceptors (Lipinski definition) is 4. The van der Waals surface area contributed by atoms with Gasteiger partial charge in [-0.05, 0) is 29.5 Å². The van der Waals surface area contributed by atoms with Gasteiger partial charge in [-0.3, -0.25) is 9.59 Å². The number of carbonyl (C=O) groups excluding carboxylic acids is 1. The van der Waals surface area contributed by atoms with E-state index in [9.17, 15) is 9.59 Å². The van der Waals surface area contributed by atoms with E-state index in [-0.39, 0.29) is 15.7 Å². The van der Waals surface area contributed by atoms with E-state index in [0.29, 0.717) is 10.7 Å². The Labute approximate surface area is 100 Å². The molecule has 4 nitrogen and oxygen atoms in total. The molecule has 1 aromatic heterocycles. The van der Waals surface area contributed by atoms with E-state index < -0.39 is 0 Å². The van der Waals surface area contributed by atoms with E-state index in [1.165, 1.54) is 11.6 Å². The number of hydrogen-bond donors (Lipinski definition) is 0. The average molecular weight is 255 g/mol. The topological polar surface area (TPSA) is 52.0 Å². The van der Waals surface area contributed by atoms with Gasteiger partial charge in [0.15, 0.2) is 10.8 Å². The molecule has 82 valence electrons. The molecule has 6 heteroatoms. The lowest BCUT2D eigenvalue weighted by molar-refractivity contribution is 0.101. The monoisotopic (exact) mass is 254 g/mol. The molecule has 0 amide bonds. The molecule has 0 atom stereocenters. The highest BCUT2D eigenvalue weighted by molar-refractivity contribution is 7.11. The van der Waals surface area contributed by atoms with Crippen LogP contribution in [-0.4, -0.2) is 15.6 Å². The summed E-state index contributed by atoms with van der Waals surface area (Å²) in [6.45, 7) is 1.38. The molecule has 0 saturated carbocycles. The first-order valence-electron chi connectivity index (χ1n) is 4.45. The predicted molar refractivity (Wildman–Crippen MR) is 62.7 cm³/mol. The third-order valence-corrected chi connectivity index (χ3v) is 3.05. The summed E-state index contributed by atoms with van der Waals surface area (Å²) < 4.78 is 1.17. The van der Waals surface area contributed by atoms with Crippen molar-refractivity contribution in [1.29, 1.82) is 0 Å². The smallest absolute Gasteiger partial charge is 0.292 e. The molecule has 0 aliphatic carbocycles. The van der Waals surface area contributed by atoms with Gasteiger partial charge in [0.1, 0.15) is 0 Å². The third-order valence-electron chi connectivity index (χ3n) is 1.90. The van der Waals surface area contributed by atoms with Crippen molar-refractivity contribution < 1.29 is 4.79 Å². The van der Waals surface area contributed by atoms with Crippen molar-refractivity contribution in [2.75, 3.05) is 0 Å². The van der Waals surface area contributed by atoms with Gasteiger partial charge in [0.2, 0.25) is 0 Å². The van der Waals surface area contributed by atoms with Gasteiger partial charge in [0.05, 0.1) is 5.69 Å². The fourth-order valence-corrected chi connectivity index (χ4v) is 2.04. The molecule has 16 heavy (non-hydrogen) atoms. The van der Waals surface area contributed by atoms with Gasteiger partial charge >= 0.3 is 4.87 Å². The normalized spacial score (nSPS) is 10.4. The maximum atomic E-state index is 11.6. The van der Waals surface area contributed by atoms with Crippen LogP contribution in [0.25, 0.3) is 5.69 Å². The van der Waals surface area contributed by atoms with Crippen LogP contribution in [0.3, 0.4) is 0 Å². The maximum Gasteiger partial charge on any atom is 0.330 e. The summed E-state index contributed by atoms with van der Waals surface area (Å²) in [6, 6.07) is 6.74. The van der Waals surface area contributed by atoms with Crippen molar-refractivity contribution in [2.24, 2.45) is 0 Å². The van der Waals surface area contributed by atoms with Crippen LogP contribution in [0.2, 0.25) is 5.02 Å². The van der Waals surface area contributed by atoms with Gasteiger partial charge in [-0.1, -0.05) is 17.7 Å². The fourth-order valence-electron chi connectivity index (χ4n) is 1.19. The number of halogens is 1. The summed E-state index contributed by atoms with van der Waals surface area (Å²) in [5.41, 5.74) is 0.557. The molecule has 0 aliphatic heterocycles. The second-order valence-electron chi connectivity index (χ2n) is 3.12. The van der Waals surface area contributed by atoms with Gasteiger partial charge < -0.3 is 0 Å². The number of Topliss-reactive ketones (excluding diaryl/α,β-unsaturated/α-hetero) is 1. The highest BCUT2D eigenvalue weighted by Crippen LogP contribution is 2.13. The van der Waals surface area contributed by atoms with Crippen LogP contribution < -0.4 is 4.87 Å². The van der Waals surface area contributed by atoms with E-state index in [0.717, 1.165) is 11.3 Å². The van der Waals surface area contributed by atoms with Crippen LogP contribution >= 0.6 is 22.9 Å². The van der Waals surface area contributed by atoms with Gasteiger partial charge in [-0.25, -0.2) is 0 Å². The van der Waals surface area contributed by atoms with Crippen LogP contribution in [0.15, 0.2) is 29.1 Å². The summed E-state index contributed by atoms with van der Waals surface area (Å²) in [7, 11) is 0. The van der Waals surface area contributed by atoms with E-state index in [4.69, 9.17) is 11.6 Å². The van der Waals surface area contributed by atoms with Crippen molar-refractivity contribution in [1.82, 2.24) is 9.78 Å². The van der Waals surface area contributed by atoms with Crippen LogP contribution in [0, 0.1) is 0 Å². The Morgan fingerprint density at radius 2 is 2.25 bits per heavy atom. The average Bonchev–Trinajstić information content (AvgIpc) is 2.60. The lowest BCUT2D eigenvalue weighted by Gasteiger charge is -1.98.